The van der Waals surface area contributed by atoms with Gasteiger partial charge in [-0.05, 0) is 31.5 Å². The summed E-state index contributed by atoms with van der Waals surface area (Å²) in [5.41, 5.74) is 2.63. The van der Waals surface area contributed by atoms with Gasteiger partial charge in [-0.1, -0.05) is 53.6 Å². The lowest BCUT2D eigenvalue weighted by molar-refractivity contribution is 0.0992. The molecule has 0 N–H and O–H groups in total. The lowest BCUT2D eigenvalue weighted by Gasteiger charge is -2.11. The van der Waals surface area contributed by atoms with Gasteiger partial charge in [-0.15, -0.1) is 0 Å². The zero-order chi connectivity index (χ0) is 15.4. The summed E-state index contributed by atoms with van der Waals surface area (Å²) in [4.78, 5) is 12.3. The zero-order valence-corrected chi connectivity index (χ0v) is 13.6. The summed E-state index contributed by atoms with van der Waals surface area (Å²) in [7, 11) is -1.25. The summed E-state index contributed by atoms with van der Waals surface area (Å²) in [6.07, 6.45) is 0. The summed E-state index contributed by atoms with van der Waals surface area (Å²) in [5, 5.41) is 0.122. The number of hydrogen-bond donors (Lipinski definition) is 0. The molecule has 0 saturated carbocycles. The third-order valence-corrected chi connectivity index (χ3v) is 5.19. The first kappa shape index (κ1) is 15.9. The Bertz CT molecular complexity index is 647. The number of carbonyl (C=O) groups excluding carboxylic acids is 1. The van der Waals surface area contributed by atoms with Crippen molar-refractivity contribution in [1.29, 1.82) is 0 Å². The fraction of sp³-hybridized carbons (Fsp3) is 0.235. The summed E-state index contributed by atoms with van der Waals surface area (Å²) < 4.78 is 12.3. The van der Waals surface area contributed by atoms with Crippen LogP contribution in [0.25, 0.3) is 0 Å². The Morgan fingerprint density at radius 2 is 1.67 bits per heavy atom. The molecule has 0 aliphatic rings. The number of rotatable bonds is 5. The molecule has 2 unspecified atom stereocenters. The van der Waals surface area contributed by atoms with E-state index in [9.17, 15) is 9.00 Å². The Morgan fingerprint density at radius 1 is 1.10 bits per heavy atom. The molecule has 0 aliphatic heterocycles. The Kier molecular flexibility index (Phi) is 5.32. The first-order valence-corrected chi connectivity index (χ1v) is 8.46. The minimum Gasteiger partial charge on any atom is -0.293 e. The standard InChI is InChI=1S/C17H17ClO2S/c1-12-3-7-15(8-4-12)17(19)13(2)21(20)11-14-5-9-16(18)10-6-14/h3-10,13H,11H2,1-2H3. The van der Waals surface area contributed by atoms with Gasteiger partial charge in [0.25, 0.3) is 0 Å². The topological polar surface area (TPSA) is 34.1 Å². The molecular weight excluding hydrogens is 304 g/mol. The molecule has 0 bridgehead atoms. The molecule has 0 aromatic heterocycles. The molecule has 0 radical (unpaired) electrons. The van der Waals surface area contributed by atoms with E-state index in [4.69, 9.17) is 11.6 Å². The van der Waals surface area contributed by atoms with E-state index in [1.807, 2.05) is 31.2 Å². The maximum atomic E-state index is 12.3. The van der Waals surface area contributed by atoms with Crippen molar-refractivity contribution in [3.05, 3.63) is 70.2 Å². The van der Waals surface area contributed by atoms with Gasteiger partial charge in [-0.2, -0.15) is 0 Å². The van der Waals surface area contributed by atoms with Crippen molar-refractivity contribution in [2.45, 2.75) is 24.9 Å². The summed E-state index contributed by atoms with van der Waals surface area (Å²) in [6.45, 7) is 3.69. The van der Waals surface area contributed by atoms with Gasteiger partial charge < -0.3 is 0 Å². The average molecular weight is 321 g/mol. The van der Waals surface area contributed by atoms with Crippen molar-refractivity contribution in [2.75, 3.05) is 0 Å². The minimum absolute atomic E-state index is 0.0812. The Hall–Kier alpha value is -1.45. The monoisotopic (exact) mass is 320 g/mol. The van der Waals surface area contributed by atoms with E-state index in [-0.39, 0.29) is 5.78 Å². The smallest absolute Gasteiger partial charge is 0.178 e. The molecule has 21 heavy (non-hydrogen) atoms. The molecule has 2 aromatic rings. The number of benzene rings is 2. The normalized spacial score (nSPS) is 13.7. The van der Waals surface area contributed by atoms with E-state index in [1.165, 1.54) is 0 Å². The number of ketones is 1. The zero-order valence-electron chi connectivity index (χ0n) is 12.0. The van der Waals surface area contributed by atoms with Crippen molar-refractivity contribution in [2.24, 2.45) is 0 Å². The van der Waals surface area contributed by atoms with Gasteiger partial charge in [-0.25, -0.2) is 0 Å². The third kappa shape index (κ3) is 4.26. The fourth-order valence-electron chi connectivity index (χ4n) is 1.94. The van der Waals surface area contributed by atoms with Crippen LogP contribution in [0.3, 0.4) is 0 Å². The molecule has 2 atom stereocenters. The second-order valence-electron chi connectivity index (χ2n) is 5.02. The molecule has 0 saturated heterocycles. The quantitative estimate of drug-likeness (QED) is 0.775. The van der Waals surface area contributed by atoms with E-state index in [0.29, 0.717) is 16.3 Å². The summed E-state index contributed by atoms with van der Waals surface area (Å²) in [5.74, 6) is 0.276. The first-order valence-electron chi connectivity index (χ1n) is 6.70. The number of aryl methyl sites for hydroxylation is 1. The minimum atomic E-state index is -1.25. The summed E-state index contributed by atoms with van der Waals surface area (Å²) in [6, 6.07) is 14.6. The molecule has 0 aliphatic carbocycles. The highest BCUT2D eigenvalue weighted by Gasteiger charge is 2.21. The van der Waals surface area contributed by atoms with Crippen LogP contribution in [-0.2, 0) is 16.6 Å². The van der Waals surface area contributed by atoms with E-state index in [0.717, 1.165) is 11.1 Å². The molecule has 0 heterocycles. The van der Waals surface area contributed by atoms with E-state index < -0.39 is 16.0 Å². The largest absolute Gasteiger partial charge is 0.293 e. The van der Waals surface area contributed by atoms with E-state index in [1.54, 1.807) is 31.2 Å². The Balaban J connectivity index is 2.06. The van der Waals surface area contributed by atoms with Gasteiger partial charge in [0.2, 0.25) is 0 Å². The SMILES string of the molecule is Cc1ccc(C(=O)C(C)S(=O)Cc2ccc(Cl)cc2)cc1. The van der Waals surface area contributed by atoms with Crippen molar-refractivity contribution < 1.29 is 9.00 Å². The van der Waals surface area contributed by atoms with E-state index >= 15 is 0 Å². The first-order chi connectivity index (χ1) is 9.97. The fourth-order valence-corrected chi connectivity index (χ4v) is 3.21. The number of Topliss-reactive ketones (excluding diaryl/α,β-unsaturated/α-hetero) is 1. The van der Waals surface area contributed by atoms with Crippen molar-refractivity contribution >= 4 is 28.2 Å². The Labute approximate surface area is 132 Å². The summed E-state index contributed by atoms with van der Waals surface area (Å²) >= 11 is 5.82. The van der Waals surface area contributed by atoms with Gasteiger partial charge in [0.1, 0.15) is 0 Å². The lowest BCUT2D eigenvalue weighted by Crippen LogP contribution is -2.23. The van der Waals surface area contributed by atoms with Crippen molar-refractivity contribution in [3.63, 3.8) is 0 Å². The third-order valence-electron chi connectivity index (χ3n) is 3.32. The van der Waals surface area contributed by atoms with Gasteiger partial charge in [0.15, 0.2) is 5.78 Å². The second-order valence-corrected chi connectivity index (χ2v) is 7.22. The van der Waals surface area contributed by atoms with Crippen LogP contribution in [0.2, 0.25) is 5.02 Å². The van der Waals surface area contributed by atoms with Crippen molar-refractivity contribution in [3.8, 4) is 0 Å². The number of hydrogen-bond acceptors (Lipinski definition) is 2. The molecule has 0 amide bonds. The van der Waals surface area contributed by atoms with Crippen LogP contribution in [0, 0.1) is 6.92 Å². The van der Waals surface area contributed by atoms with Crippen molar-refractivity contribution in [1.82, 2.24) is 0 Å². The van der Waals surface area contributed by atoms with Crippen LogP contribution in [0.15, 0.2) is 48.5 Å². The number of carbonyl (C=O) groups is 1. The molecule has 4 heteroatoms. The van der Waals surface area contributed by atoms with Crippen LogP contribution < -0.4 is 0 Å². The molecule has 0 spiro atoms. The highest BCUT2D eigenvalue weighted by molar-refractivity contribution is 7.85. The second kappa shape index (κ2) is 7.01. The van der Waals surface area contributed by atoms with Crippen LogP contribution in [0.1, 0.15) is 28.4 Å². The predicted octanol–water partition coefficient (Wildman–Crippen LogP) is 4.17. The molecule has 0 fully saturated rings. The van der Waals surface area contributed by atoms with Crippen LogP contribution in [-0.4, -0.2) is 15.2 Å². The molecule has 2 rings (SSSR count). The predicted molar refractivity (Wildman–Crippen MR) is 88.3 cm³/mol. The molecule has 2 aromatic carbocycles. The van der Waals surface area contributed by atoms with Gasteiger partial charge >= 0.3 is 0 Å². The van der Waals surface area contributed by atoms with Gasteiger partial charge in [-0.3, -0.25) is 9.00 Å². The highest BCUT2D eigenvalue weighted by atomic mass is 35.5. The van der Waals surface area contributed by atoms with Gasteiger partial charge in [0.05, 0.1) is 5.25 Å². The molecule has 2 nitrogen and oxygen atoms in total. The van der Waals surface area contributed by atoms with Crippen LogP contribution in [0.4, 0.5) is 0 Å². The average Bonchev–Trinajstić information content (AvgIpc) is 2.49. The maximum Gasteiger partial charge on any atom is 0.178 e. The van der Waals surface area contributed by atoms with Gasteiger partial charge in [0, 0.05) is 27.1 Å². The lowest BCUT2D eigenvalue weighted by atomic mass is 10.1. The number of halogens is 1. The molecule has 110 valence electrons. The van der Waals surface area contributed by atoms with Crippen LogP contribution >= 0.6 is 11.6 Å². The highest BCUT2D eigenvalue weighted by Crippen LogP contribution is 2.15. The molecular formula is C17H17ClO2S. The van der Waals surface area contributed by atoms with E-state index in [2.05, 4.69) is 0 Å². The Morgan fingerprint density at radius 3 is 2.24 bits per heavy atom. The maximum absolute atomic E-state index is 12.3. The van der Waals surface area contributed by atoms with Crippen LogP contribution in [0.5, 0.6) is 0 Å².